The molecule has 0 radical (unpaired) electrons. The van der Waals surface area contributed by atoms with Gasteiger partial charge in [-0.1, -0.05) is 46.3 Å². The Balaban J connectivity index is 1.58. The minimum Gasteiger partial charge on any atom is -0.326 e. The van der Waals surface area contributed by atoms with E-state index in [1.165, 1.54) is 4.90 Å². The molecule has 6 nitrogen and oxygen atoms in total. The monoisotopic (exact) mass is 443 g/mol. The highest BCUT2D eigenvalue weighted by Crippen LogP contribution is 2.25. The van der Waals surface area contributed by atoms with Gasteiger partial charge in [-0.25, -0.2) is 4.79 Å². The summed E-state index contributed by atoms with van der Waals surface area (Å²) < 4.78 is 0.970. The number of carbonyl (C=O) groups excluding carboxylic acids is 3. The Labute approximate surface area is 172 Å². The molecule has 0 aliphatic carbocycles. The molecule has 1 fully saturated rings. The van der Waals surface area contributed by atoms with Crippen molar-refractivity contribution in [2.75, 3.05) is 5.32 Å². The van der Waals surface area contributed by atoms with Crippen molar-refractivity contribution in [1.82, 2.24) is 10.2 Å². The number of hydrogen-bond acceptors (Lipinski definition) is 3. The second-order valence-electron chi connectivity index (χ2n) is 6.85. The fourth-order valence-corrected chi connectivity index (χ4v) is 3.46. The molecule has 4 amide bonds. The van der Waals surface area contributed by atoms with Gasteiger partial charge < -0.3 is 10.6 Å². The van der Waals surface area contributed by atoms with Crippen molar-refractivity contribution in [2.24, 2.45) is 0 Å². The number of anilines is 1. The van der Waals surface area contributed by atoms with Crippen LogP contribution in [0.4, 0.5) is 10.5 Å². The number of carbonyl (C=O) groups is 3. The molecule has 146 valence electrons. The molecule has 3 rings (SSSR count). The molecule has 0 spiro atoms. The van der Waals surface area contributed by atoms with Crippen LogP contribution in [-0.4, -0.2) is 28.8 Å². The zero-order valence-electron chi connectivity index (χ0n) is 15.7. The molecule has 2 aromatic rings. The third-order valence-corrected chi connectivity index (χ3v) is 5.71. The Morgan fingerprint density at radius 1 is 1.21 bits per heavy atom. The fourth-order valence-electron chi connectivity index (χ4n) is 3.21. The van der Waals surface area contributed by atoms with Crippen LogP contribution in [0.2, 0.25) is 0 Å². The van der Waals surface area contributed by atoms with Crippen LogP contribution in [0, 0.1) is 6.92 Å². The lowest BCUT2D eigenvalue weighted by atomic mass is 10.1. The van der Waals surface area contributed by atoms with E-state index in [0.29, 0.717) is 5.69 Å². The number of urea groups is 1. The zero-order chi connectivity index (χ0) is 20.3. The summed E-state index contributed by atoms with van der Waals surface area (Å²) in [5.74, 6) is -0.494. The second kappa shape index (κ2) is 8.56. The molecule has 2 atom stereocenters. The molecule has 2 N–H and O–H groups in total. The standard InChI is InChI=1S/C21H22BrN3O3/c1-13-12-16(8-9-17(13)22)23-19(26)11-10-18-20(27)25(21(28)24-18)14(2)15-6-4-3-5-7-15/h3-9,12,14,18H,10-11H2,1-2H3,(H,23,26)(H,24,28)/t14-,18-/m1/s1. The summed E-state index contributed by atoms with van der Waals surface area (Å²) in [5, 5.41) is 5.51. The number of aryl methyl sites for hydroxylation is 1. The first-order chi connectivity index (χ1) is 13.4. The van der Waals surface area contributed by atoms with Crippen LogP contribution in [0.25, 0.3) is 0 Å². The second-order valence-corrected chi connectivity index (χ2v) is 7.70. The van der Waals surface area contributed by atoms with E-state index in [4.69, 9.17) is 0 Å². The molecule has 1 heterocycles. The van der Waals surface area contributed by atoms with E-state index < -0.39 is 12.1 Å². The van der Waals surface area contributed by atoms with Crippen molar-refractivity contribution in [3.63, 3.8) is 0 Å². The Kier molecular flexibility index (Phi) is 6.14. The van der Waals surface area contributed by atoms with Crippen LogP contribution in [0.15, 0.2) is 53.0 Å². The van der Waals surface area contributed by atoms with E-state index in [9.17, 15) is 14.4 Å². The molecular weight excluding hydrogens is 422 g/mol. The number of benzene rings is 2. The van der Waals surface area contributed by atoms with Gasteiger partial charge in [0.15, 0.2) is 0 Å². The smallest absolute Gasteiger partial charge is 0.325 e. The lowest BCUT2D eigenvalue weighted by Gasteiger charge is -2.21. The molecule has 28 heavy (non-hydrogen) atoms. The predicted octanol–water partition coefficient (Wildman–Crippen LogP) is 4.16. The Morgan fingerprint density at radius 2 is 1.93 bits per heavy atom. The van der Waals surface area contributed by atoms with Gasteiger partial charge in [0.1, 0.15) is 6.04 Å². The Morgan fingerprint density at radius 3 is 2.61 bits per heavy atom. The molecule has 0 saturated carbocycles. The van der Waals surface area contributed by atoms with Crippen molar-refractivity contribution in [1.29, 1.82) is 0 Å². The first kappa shape index (κ1) is 20.1. The molecule has 1 aliphatic rings. The highest BCUT2D eigenvalue weighted by Gasteiger charge is 2.40. The fraction of sp³-hybridized carbons (Fsp3) is 0.286. The van der Waals surface area contributed by atoms with E-state index in [2.05, 4.69) is 26.6 Å². The van der Waals surface area contributed by atoms with Gasteiger partial charge in [-0.15, -0.1) is 0 Å². The zero-order valence-corrected chi connectivity index (χ0v) is 17.3. The topological polar surface area (TPSA) is 78.5 Å². The first-order valence-corrected chi connectivity index (χ1v) is 9.90. The van der Waals surface area contributed by atoms with Crippen LogP contribution in [0.3, 0.4) is 0 Å². The first-order valence-electron chi connectivity index (χ1n) is 9.11. The molecular formula is C21H22BrN3O3. The maximum Gasteiger partial charge on any atom is 0.325 e. The van der Waals surface area contributed by atoms with Crippen molar-refractivity contribution >= 4 is 39.5 Å². The summed E-state index contributed by atoms with van der Waals surface area (Å²) in [4.78, 5) is 38.5. The maximum absolute atomic E-state index is 12.7. The normalized spacial score (nSPS) is 17.4. The average Bonchev–Trinajstić information content (AvgIpc) is 2.96. The molecule has 2 aromatic carbocycles. The van der Waals surface area contributed by atoms with E-state index in [1.807, 2.05) is 56.3 Å². The largest absolute Gasteiger partial charge is 0.326 e. The minimum atomic E-state index is -0.684. The number of halogens is 1. The number of nitrogens with one attached hydrogen (secondary N) is 2. The van der Waals surface area contributed by atoms with Crippen LogP contribution < -0.4 is 10.6 Å². The van der Waals surface area contributed by atoms with Gasteiger partial charge in [-0.05, 0) is 49.6 Å². The summed E-state index contributed by atoms with van der Waals surface area (Å²) in [6.45, 7) is 3.76. The highest BCUT2D eigenvalue weighted by atomic mass is 79.9. The van der Waals surface area contributed by atoms with Crippen molar-refractivity contribution in [3.05, 3.63) is 64.1 Å². The van der Waals surface area contributed by atoms with Crippen LogP contribution in [-0.2, 0) is 9.59 Å². The van der Waals surface area contributed by atoms with Gasteiger partial charge in [0.2, 0.25) is 5.91 Å². The van der Waals surface area contributed by atoms with Gasteiger partial charge >= 0.3 is 6.03 Å². The van der Waals surface area contributed by atoms with Gasteiger partial charge in [-0.2, -0.15) is 0 Å². The Hall–Kier alpha value is -2.67. The average molecular weight is 444 g/mol. The van der Waals surface area contributed by atoms with Crippen molar-refractivity contribution in [3.8, 4) is 0 Å². The summed E-state index contributed by atoms with van der Waals surface area (Å²) in [6, 6.07) is 13.5. The lowest BCUT2D eigenvalue weighted by molar-refractivity contribution is -0.129. The van der Waals surface area contributed by atoms with E-state index >= 15 is 0 Å². The number of imide groups is 1. The molecule has 7 heteroatoms. The third-order valence-electron chi connectivity index (χ3n) is 4.82. The number of amides is 4. The van der Waals surface area contributed by atoms with Crippen LogP contribution in [0.1, 0.15) is 36.9 Å². The van der Waals surface area contributed by atoms with Crippen molar-refractivity contribution < 1.29 is 14.4 Å². The predicted molar refractivity (Wildman–Crippen MR) is 111 cm³/mol. The molecule has 0 bridgehead atoms. The van der Waals surface area contributed by atoms with Crippen LogP contribution in [0.5, 0.6) is 0 Å². The minimum absolute atomic E-state index is 0.138. The van der Waals surface area contributed by atoms with Crippen molar-refractivity contribution in [2.45, 2.75) is 38.8 Å². The van der Waals surface area contributed by atoms with Gasteiger partial charge in [0.25, 0.3) is 5.91 Å². The SMILES string of the molecule is Cc1cc(NC(=O)CC[C@H]2NC(=O)N([C@H](C)c3ccccc3)C2=O)ccc1Br. The lowest BCUT2D eigenvalue weighted by Crippen LogP contribution is -2.34. The molecule has 0 unspecified atom stereocenters. The van der Waals surface area contributed by atoms with Gasteiger partial charge in [0.05, 0.1) is 6.04 Å². The highest BCUT2D eigenvalue weighted by molar-refractivity contribution is 9.10. The molecule has 1 aliphatic heterocycles. The number of nitrogens with zero attached hydrogens (tertiary/aromatic N) is 1. The number of rotatable bonds is 6. The summed E-state index contributed by atoms with van der Waals surface area (Å²) in [6.07, 6.45) is 0.392. The van der Waals surface area contributed by atoms with Gasteiger partial charge in [-0.3, -0.25) is 14.5 Å². The summed E-state index contributed by atoms with van der Waals surface area (Å²) in [7, 11) is 0. The summed E-state index contributed by atoms with van der Waals surface area (Å²) in [5.41, 5.74) is 2.60. The van der Waals surface area contributed by atoms with E-state index in [1.54, 1.807) is 6.07 Å². The third kappa shape index (κ3) is 4.42. The summed E-state index contributed by atoms with van der Waals surface area (Å²) >= 11 is 3.42. The quantitative estimate of drug-likeness (QED) is 0.657. The Bertz CT molecular complexity index is 901. The molecule has 0 aromatic heterocycles. The van der Waals surface area contributed by atoms with E-state index in [0.717, 1.165) is 15.6 Å². The van der Waals surface area contributed by atoms with Gasteiger partial charge in [0, 0.05) is 16.6 Å². The maximum atomic E-state index is 12.7. The number of hydrogen-bond donors (Lipinski definition) is 2. The van der Waals surface area contributed by atoms with E-state index in [-0.39, 0.29) is 30.7 Å². The van der Waals surface area contributed by atoms with Crippen LogP contribution >= 0.6 is 15.9 Å². The molecule has 1 saturated heterocycles.